The molecule has 0 radical (unpaired) electrons. The number of rotatable bonds is 4. The Morgan fingerprint density at radius 1 is 1.36 bits per heavy atom. The molecule has 10 heteroatoms. The van der Waals surface area contributed by atoms with Crippen LogP contribution >= 0.6 is 0 Å². The quantitative estimate of drug-likeness (QED) is 0.524. The summed E-state index contributed by atoms with van der Waals surface area (Å²) in [6, 6.07) is 0.138. The van der Waals surface area contributed by atoms with E-state index in [4.69, 9.17) is 15.2 Å². The topological polar surface area (TPSA) is 149 Å². The van der Waals surface area contributed by atoms with Crippen molar-refractivity contribution in [1.82, 2.24) is 19.5 Å². The number of hydrogen-bond acceptors (Lipinski definition) is 9. The Bertz CT molecular complexity index is 677. The normalized spacial score (nSPS) is 28.4. The van der Waals surface area contributed by atoms with Gasteiger partial charge in [0.1, 0.15) is 24.6 Å². The van der Waals surface area contributed by atoms with E-state index in [1.165, 1.54) is 10.9 Å². The van der Waals surface area contributed by atoms with Crippen LogP contribution in [0.4, 0.5) is 5.82 Å². The number of imidazole rings is 1. The van der Waals surface area contributed by atoms with Crippen LogP contribution in [0.3, 0.4) is 0 Å². The molecule has 1 saturated heterocycles. The number of aliphatic hydroxyl groups is 3. The monoisotopic (exact) mass is 311 g/mol. The molecule has 2 aromatic heterocycles. The molecule has 0 saturated carbocycles. The van der Waals surface area contributed by atoms with Crippen molar-refractivity contribution in [3.63, 3.8) is 0 Å². The summed E-state index contributed by atoms with van der Waals surface area (Å²) in [4.78, 5) is 12.2. The fourth-order valence-corrected chi connectivity index (χ4v) is 2.46. The van der Waals surface area contributed by atoms with Gasteiger partial charge in [-0.1, -0.05) is 0 Å². The van der Waals surface area contributed by atoms with Crippen LogP contribution in [-0.4, -0.2) is 66.4 Å². The van der Waals surface area contributed by atoms with Crippen molar-refractivity contribution >= 4 is 17.0 Å². The van der Waals surface area contributed by atoms with E-state index in [1.807, 2.05) is 0 Å². The Labute approximate surface area is 125 Å². The average Bonchev–Trinajstić information content (AvgIpc) is 3.00. The number of aliphatic hydroxyl groups excluding tert-OH is 3. The molecule has 22 heavy (non-hydrogen) atoms. The number of nitrogens with zero attached hydrogens (tertiary/aromatic N) is 4. The lowest BCUT2D eigenvalue weighted by atomic mass is 10.1. The standard InChI is InChI=1S/C12H17N5O5/c1-2-21-12-16-6-9(13)14-4-15-10(6)17(12)11-8(20)7(19)5(3-18)22-11/h4-5,7-8,11,18-20H,2-3H2,1H3,(H2,13,14,15)/t5-,7-,8-,11-/m1/s1. The van der Waals surface area contributed by atoms with E-state index >= 15 is 0 Å². The Balaban J connectivity index is 2.13. The molecule has 1 aliphatic rings. The highest BCUT2D eigenvalue weighted by Crippen LogP contribution is 2.35. The molecular formula is C12H17N5O5. The number of aromatic nitrogens is 4. The van der Waals surface area contributed by atoms with E-state index in [2.05, 4.69) is 15.0 Å². The summed E-state index contributed by atoms with van der Waals surface area (Å²) in [6.07, 6.45) is -3.17. The number of nitrogens with two attached hydrogens (primary N) is 1. The lowest BCUT2D eigenvalue weighted by molar-refractivity contribution is -0.0541. The average molecular weight is 311 g/mol. The second kappa shape index (κ2) is 5.65. The highest BCUT2D eigenvalue weighted by Gasteiger charge is 2.45. The summed E-state index contributed by atoms with van der Waals surface area (Å²) in [6.45, 7) is 1.67. The minimum Gasteiger partial charge on any atom is -0.465 e. The first-order chi connectivity index (χ1) is 10.6. The first-order valence-corrected chi connectivity index (χ1v) is 6.82. The fraction of sp³-hybridized carbons (Fsp3) is 0.583. The largest absolute Gasteiger partial charge is 0.465 e. The molecule has 0 unspecified atom stereocenters. The maximum absolute atomic E-state index is 10.2. The predicted octanol–water partition coefficient (Wildman–Crippen LogP) is -1.58. The van der Waals surface area contributed by atoms with Crippen molar-refractivity contribution in [2.24, 2.45) is 0 Å². The summed E-state index contributed by atoms with van der Waals surface area (Å²) in [5, 5.41) is 29.3. The van der Waals surface area contributed by atoms with Crippen LogP contribution < -0.4 is 10.5 Å². The molecule has 0 amide bonds. The molecule has 5 N–H and O–H groups in total. The maximum atomic E-state index is 10.2. The van der Waals surface area contributed by atoms with Crippen molar-refractivity contribution in [3.05, 3.63) is 6.33 Å². The van der Waals surface area contributed by atoms with Gasteiger partial charge >= 0.3 is 6.01 Å². The Kier molecular flexibility index (Phi) is 3.83. The van der Waals surface area contributed by atoms with Crippen molar-refractivity contribution < 1.29 is 24.8 Å². The molecule has 0 bridgehead atoms. The van der Waals surface area contributed by atoms with E-state index in [0.29, 0.717) is 17.8 Å². The number of anilines is 1. The van der Waals surface area contributed by atoms with Crippen LogP contribution in [0.1, 0.15) is 13.2 Å². The molecule has 2 aromatic rings. The van der Waals surface area contributed by atoms with E-state index in [0.717, 1.165) is 0 Å². The predicted molar refractivity (Wildman–Crippen MR) is 73.9 cm³/mol. The van der Waals surface area contributed by atoms with Crippen molar-refractivity contribution in [1.29, 1.82) is 0 Å². The van der Waals surface area contributed by atoms with Gasteiger partial charge in [-0.2, -0.15) is 4.98 Å². The first kappa shape index (κ1) is 14.9. The van der Waals surface area contributed by atoms with Crippen LogP contribution in [0, 0.1) is 0 Å². The summed E-state index contributed by atoms with van der Waals surface area (Å²) >= 11 is 0. The molecule has 1 fully saturated rings. The lowest BCUT2D eigenvalue weighted by Crippen LogP contribution is -2.33. The molecule has 10 nitrogen and oxygen atoms in total. The molecule has 0 spiro atoms. The van der Waals surface area contributed by atoms with Gasteiger partial charge in [-0.3, -0.25) is 0 Å². The van der Waals surface area contributed by atoms with Gasteiger partial charge in [0.2, 0.25) is 0 Å². The highest BCUT2D eigenvalue weighted by molar-refractivity contribution is 5.82. The summed E-state index contributed by atoms with van der Waals surface area (Å²) in [5.41, 5.74) is 6.39. The zero-order valence-electron chi connectivity index (χ0n) is 11.8. The zero-order chi connectivity index (χ0) is 15.9. The summed E-state index contributed by atoms with van der Waals surface area (Å²) in [5.74, 6) is 0.163. The molecule has 3 heterocycles. The Morgan fingerprint density at radius 2 is 2.14 bits per heavy atom. The molecule has 0 aromatic carbocycles. The molecule has 4 atom stereocenters. The number of ether oxygens (including phenoxy) is 2. The fourth-order valence-electron chi connectivity index (χ4n) is 2.46. The van der Waals surface area contributed by atoms with Crippen molar-refractivity contribution in [2.45, 2.75) is 31.5 Å². The lowest BCUT2D eigenvalue weighted by Gasteiger charge is -2.18. The van der Waals surface area contributed by atoms with Gasteiger partial charge in [-0.15, -0.1) is 0 Å². The van der Waals surface area contributed by atoms with E-state index < -0.39 is 31.1 Å². The van der Waals surface area contributed by atoms with Gasteiger partial charge in [0.25, 0.3) is 0 Å². The van der Waals surface area contributed by atoms with Gasteiger partial charge in [0, 0.05) is 0 Å². The van der Waals surface area contributed by atoms with Gasteiger partial charge in [-0.05, 0) is 6.92 Å². The summed E-state index contributed by atoms with van der Waals surface area (Å²) in [7, 11) is 0. The third kappa shape index (κ3) is 2.16. The van der Waals surface area contributed by atoms with Crippen molar-refractivity contribution in [2.75, 3.05) is 18.9 Å². The third-order valence-corrected chi connectivity index (χ3v) is 3.52. The molecule has 120 valence electrons. The molecular weight excluding hydrogens is 294 g/mol. The third-order valence-electron chi connectivity index (χ3n) is 3.52. The van der Waals surface area contributed by atoms with E-state index in [9.17, 15) is 15.3 Å². The maximum Gasteiger partial charge on any atom is 0.300 e. The van der Waals surface area contributed by atoms with Crippen LogP contribution in [0.2, 0.25) is 0 Å². The van der Waals surface area contributed by atoms with Crippen LogP contribution in [-0.2, 0) is 4.74 Å². The van der Waals surface area contributed by atoms with E-state index in [1.54, 1.807) is 6.92 Å². The second-order valence-corrected chi connectivity index (χ2v) is 4.86. The first-order valence-electron chi connectivity index (χ1n) is 6.82. The van der Waals surface area contributed by atoms with Gasteiger partial charge in [0.05, 0.1) is 13.2 Å². The van der Waals surface area contributed by atoms with Gasteiger partial charge in [-0.25, -0.2) is 14.5 Å². The van der Waals surface area contributed by atoms with Crippen LogP contribution in [0.5, 0.6) is 6.01 Å². The highest BCUT2D eigenvalue weighted by atomic mass is 16.6. The number of nitrogen functional groups attached to an aromatic ring is 1. The molecule has 0 aliphatic carbocycles. The molecule has 3 rings (SSSR count). The van der Waals surface area contributed by atoms with Crippen LogP contribution in [0.15, 0.2) is 6.33 Å². The van der Waals surface area contributed by atoms with E-state index in [-0.39, 0.29) is 11.8 Å². The SMILES string of the molecule is CCOc1nc2c(N)ncnc2n1[C@@H]1O[C@H](CO)[C@@H](O)[C@H]1O. The summed E-state index contributed by atoms with van der Waals surface area (Å²) < 4.78 is 12.3. The number of hydrogen-bond donors (Lipinski definition) is 4. The van der Waals surface area contributed by atoms with Gasteiger partial charge in [0.15, 0.2) is 23.2 Å². The van der Waals surface area contributed by atoms with Crippen molar-refractivity contribution in [3.8, 4) is 6.01 Å². The van der Waals surface area contributed by atoms with Gasteiger partial charge < -0.3 is 30.5 Å². The smallest absolute Gasteiger partial charge is 0.300 e. The number of fused-ring (bicyclic) bond motifs is 1. The minimum absolute atomic E-state index is 0.138. The second-order valence-electron chi connectivity index (χ2n) is 4.86. The zero-order valence-corrected chi connectivity index (χ0v) is 11.8. The Hall–Kier alpha value is -2.01. The van der Waals surface area contributed by atoms with Crippen LogP contribution in [0.25, 0.3) is 11.2 Å². The minimum atomic E-state index is -1.27. The molecule has 1 aliphatic heterocycles. The Morgan fingerprint density at radius 3 is 2.77 bits per heavy atom.